The average molecular weight is 551 g/mol. The molecule has 5 rings (SSSR count). The lowest BCUT2D eigenvalue weighted by Gasteiger charge is -2.26. The molecule has 0 aliphatic carbocycles. The maximum absolute atomic E-state index is 12.7. The van der Waals surface area contributed by atoms with Crippen molar-refractivity contribution in [1.29, 1.82) is 0 Å². The van der Waals surface area contributed by atoms with E-state index in [1.807, 2.05) is 17.4 Å². The Hall–Kier alpha value is -2.82. The summed E-state index contributed by atoms with van der Waals surface area (Å²) in [5.41, 5.74) is 3.94. The van der Waals surface area contributed by atoms with E-state index in [4.69, 9.17) is 9.72 Å². The van der Waals surface area contributed by atoms with Crippen molar-refractivity contribution in [3.8, 4) is 16.3 Å². The van der Waals surface area contributed by atoms with Crippen LogP contribution >= 0.6 is 22.7 Å². The molecule has 200 valence electrons. The Labute approximate surface area is 231 Å². The van der Waals surface area contributed by atoms with E-state index in [9.17, 15) is 9.90 Å². The van der Waals surface area contributed by atoms with Crippen LogP contribution in [-0.4, -0.2) is 48.8 Å². The van der Waals surface area contributed by atoms with Gasteiger partial charge in [0.25, 0.3) is 5.91 Å². The van der Waals surface area contributed by atoms with Gasteiger partial charge >= 0.3 is 0 Å². The summed E-state index contributed by atoms with van der Waals surface area (Å²) in [5.74, 6) is -0.290. The van der Waals surface area contributed by atoms with Crippen molar-refractivity contribution in [2.45, 2.75) is 44.8 Å². The van der Waals surface area contributed by atoms with Crippen molar-refractivity contribution in [3.63, 3.8) is 0 Å². The molecule has 3 unspecified atom stereocenters. The molecule has 0 fully saturated rings. The molecule has 1 amide bonds. The first-order chi connectivity index (χ1) is 18.5. The highest BCUT2D eigenvalue weighted by atomic mass is 32.1. The van der Waals surface area contributed by atoms with Gasteiger partial charge in [0.2, 0.25) is 0 Å². The zero-order chi connectivity index (χ0) is 26.6. The predicted octanol–water partition coefficient (Wildman–Crippen LogP) is 5.42. The summed E-state index contributed by atoms with van der Waals surface area (Å²) in [6.45, 7) is 6.22. The summed E-state index contributed by atoms with van der Waals surface area (Å²) in [6.07, 6.45) is 1.65. The lowest BCUT2D eigenvalue weighted by atomic mass is 9.93. The second kappa shape index (κ2) is 11.9. The molecule has 2 aromatic carbocycles. The molecular formula is C29H34N4O3S2. The van der Waals surface area contributed by atoms with Crippen LogP contribution in [0.2, 0.25) is 0 Å². The number of hydrogen-bond donors (Lipinski definition) is 4. The Morgan fingerprint density at radius 1 is 1.16 bits per heavy atom. The SMILES string of the molecule is COCCNC(CCNC(=O)c1ccccc1O)c1sc2c(c1-c1nc3ccccc3s1)CC(C)NC2C. The van der Waals surface area contributed by atoms with E-state index in [2.05, 4.69) is 48.0 Å². The molecule has 0 saturated heterocycles. The zero-order valence-electron chi connectivity index (χ0n) is 21.9. The molecule has 9 heteroatoms. The number of phenols is 1. The van der Waals surface area contributed by atoms with Gasteiger partial charge in [-0.05, 0) is 56.5 Å². The summed E-state index contributed by atoms with van der Waals surface area (Å²) in [5, 5.41) is 21.5. The molecule has 1 aliphatic rings. The number of hydrogen-bond acceptors (Lipinski definition) is 8. The van der Waals surface area contributed by atoms with Crippen LogP contribution in [0.25, 0.3) is 20.8 Å². The highest BCUT2D eigenvalue weighted by Gasteiger charge is 2.32. The maximum atomic E-state index is 12.7. The van der Waals surface area contributed by atoms with E-state index in [-0.39, 0.29) is 29.3 Å². The second-order valence-electron chi connectivity index (χ2n) is 9.73. The quantitative estimate of drug-likeness (QED) is 0.197. The van der Waals surface area contributed by atoms with Crippen molar-refractivity contribution >= 4 is 38.8 Å². The van der Waals surface area contributed by atoms with E-state index in [0.717, 1.165) is 16.9 Å². The molecule has 38 heavy (non-hydrogen) atoms. The number of thiophene rings is 1. The first-order valence-corrected chi connectivity index (χ1v) is 14.7. The van der Waals surface area contributed by atoms with E-state index in [0.29, 0.717) is 32.2 Å². The molecule has 0 saturated carbocycles. The standard InChI is InChI=1S/C29H34N4O3S2/c1-17-16-20-25(29-33-21-9-5-7-11-24(21)37-29)27(38-26(20)18(2)32-17)22(30-14-15-36-3)12-13-31-28(35)19-8-4-6-10-23(19)34/h4-11,17-18,22,30,32,34H,12-16H2,1-3H3,(H,31,35). The number of phenolic OH excluding ortho intramolecular Hbond substituents is 1. The number of aromatic hydroxyl groups is 1. The van der Waals surface area contributed by atoms with Crippen LogP contribution in [0.1, 0.15) is 58.0 Å². The van der Waals surface area contributed by atoms with Gasteiger partial charge in [0.1, 0.15) is 10.8 Å². The van der Waals surface area contributed by atoms with E-state index >= 15 is 0 Å². The molecule has 0 bridgehead atoms. The minimum absolute atomic E-state index is 0.00920. The third-order valence-corrected chi connectivity index (χ3v) is 9.47. The number of aromatic nitrogens is 1. The molecule has 3 heterocycles. The van der Waals surface area contributed by atoms with E-state index in [1.54, 1.807) is 36.6 Å². The van der Waals surface area contributed by atoms with Gasteiger partial charge in [-0.15, -0.1) is 22.7 Å². The van der Waals surface area contributed by atoms with Gasteiger partial charge in [-0.3, -0.25) is 4.79 Å². The van der Waals surface area contributed by atoms with Gasteiger partial charge in [-0.25, -0.2) is 4.98 Å². The lowest BCUT2D eigenvalue weighted by molar-refractivity contribution is 0.0949. The van der Waals surface area contributed by atoms with Crippen molar-refractivity contribution in [2.24, 2.45) is 0 Å². The highest BCUT2D eigenvalue weighted by molar-refractivity contribution is 7.22. The number of carbonyl (C=O) groups is 1. The second-order valence-corrected chi connectivity index (χ2v) is 11.8. The van der Waals surface area contributed by atoms with Gasteiger partial charge in [0.15, 0.2) is 0 Å². The van der Waals surface area contributed by atoms with Crippen molar-refractivity contribution in [3.05, 3.63) is 69.4 Å². The van der Waals surface area contributed by atoms with Crippen LogP contribution in [0.3, 0.4) is 0 Å². The number of para-hydroxylation sites is 2. The largest absolute Gasteiger partial charge is 0.507 e. The number of methoxy groups -OCH3 is 1. The van der Waals surface area contributed by atoms with Gasteiger partial charge < -0.3 is 25.8 Å². The molecule has 4 N–H and O–H groups in total. The predicted molar refractivity (Wildman–Crippen MR) is 155 cm³/mol. The topological polar surface area (TPSA) is 95.5 Å². The fourth-order valence-corrected chi connectivity index (χ4v) is 7.71. The Balaban J connectivity index is 1.48. The zero-order valence-corrected chi connectivity index (χ0v) is 23.5. The maximum Gasteiger partial charge on any atom is 0.255 e. The molecule has 4 aromatic rings. The normalized spacial score (nSPS) is 17.9. The summed E-state index contributed by atoms with van der Waals surface area (Å²) in [7, 11) is 1.70. The third kappa shape index (κ3) is 5.62. The van der Waals surface area contributed by atoms with Crippen molar-refractivity contribution < 1.29 is 14.6 Å². The number of nitrogens with zero attached hydrogens (tertiary/aromatic N) is 1. The number of ether oxygens (including phenoxy) is 1. The van der Waals surface area contributed by atoms with Crippen LogP contribution < -0.4 is 16.0 Å². The lowest BCUT2D eigenvalue weighted by Crippen LogP contribution is -2.35. The molecular weight excluding hydrogens is 516 g/mol. The summed E-state index contributed by atoms with van der Waals surface area (Å²) >= 11 is 3.59. The fraction of sp³-hybridized carbons (Fsp3) is 0.379. The minimum atomic E-state index is -0.276. The van der Waals surface area contributed by atoms with Crippen molar-refractivity contribution in [2.75, 3.05) is 26.8 Å². The Morgan fingerprint density at radius 3 is 2.74 bits per heavy atom. The molecule has 3 atom stereocenters. The molecule has 7 nitrogen and oxygen atoms in total. The Bertz CT molecular complexity index is 1380. The van der Waals surface area contributed by atoms with Crippen molar-refractivity contribution in [1.82, 2.24) is 20.9 Å². The van der Waals surface area contributed by atoms with Crippen LogP contribution in [0.4, 0.5) is 0 Å². The number of rotatable bonds is 10. The smallest absolute Gasteiger partial charge is 0.255 e. The van der Waals surface area contributed by atoms with Crippen LogP contribution in [0, 0.1) is 0 Å². The molecule has 2 aromatic heterocycles. The minimum Gasteiger partial charge on any atom is -0.507 e. The molecule has 0 spiro atoms. The number of fused-ring (bicyclic) bond motifs is 2. The Morgan fingerprint density at radius 2 is 1.95 bits per heavy atom. The fourth-order valence-electron chi connectivity index (χ4n) is 5.13. The summed E-state index contributed by atoms with van der Waals surface area (Å²) in [4.78, 5) is 20.4. The van der Waals surface area contributed by atoms with E-state index < -0.39 is 0 Å². The van der Waals surface area contributed by atoms with Gasteiger partial charge in [0.05, 0.1) is 22.4 Å². The van der Waals surface area contributed by atoms with Crippen LogP contribution in [0.5, 0.6) is 5.75 Å². The van der Waals surface area contributed by atoms with Gasteiger partial charge in [-0.2, -0.15) is 0 Å². The number of nitrogens with one attached hydrogen (secondary N) is 3. The number of carbonyl (C=O) groups excluding carboxylic acids is 1. The van der Waals surface area contributed by atoms with Gasteiger partial charge in [0, 0.05) is 53.6 Å². The molecule has 1 aliphatic heterocycles. The van der Waals surface area contributed by atoms with E-state index in [1.165, 1.54) is 31.6 Å². The third-order valence-electron chi connectivity index (χ3n) is 6.89. The highest BCUT2D eigenvalue weighted by Crippen LogP contribution is 2.47. The summed E-state index contributed by atoms with van der Waals surface area (Å²) in [6, 6.07) is 15.6. The summed E-state index contributed by atoms with van der Waals surface area (Å²) < 4.78 is 6.51. The monoisotopic (exact) mass is 550 g/mol. The Kier molecular flexibility index (Phi) is 8.40. The number of benzene rings is 2. The van der Waals surface area contributed by atoms with Crippen LogP contribution in [-0.2, 0) is 11.2 Å². The number of amides is 1. The van der Waals surface area contributed by atoms with Gasteiger partial charge in [-0.1, -0.05) is 24.3 Å². The molecule has 0 radical (unpaired) electrons. The first-order valence-electron chi connectivity index (χ1n) is 13.0. The first kappa shape index (κ1) is 26.8. The average Bonchev–Trinajstić information content (AvgIpc) is 3.49. The number of thiazole rings is 1. The van der Waals surface area contributed by atoms with Crippen LogP contribution in [0.15, 0.2) is 48.5 Å².